The van der Waals surface area contributed by atoms with E-state index in [0.717, 1.165) is 17.9 Å². The Hall–Kier alpha value is -1.42. The Morgan fingerprint density at radius 1 is 1.19 bits per heavy atom. The fourth-order valence-corrected chi connectivity index (χ4v) is 2.54. The lowest BCUT2D eigenvalue weighted by molar-refractivity contribution is 0.379. The number of aromatic hydroxyl groups is 1. The van der Waals surface area contributed by atoms with Gasteiger partial charge in [0, 0.05) is 6.04 Å². The Morgan fingerprint density at radius 2 is 2.12 bits per heavy atom. The van der Waals surface area contributed by atoms with E-state index >= 15 is 0 Å². The predicted octanol–water partition coefficient (Wildman–Crippen LogP) is 1.70. The summed E-state index contributed by atoms with van der Waals surface area (Å²) in [5.74, 6) is 0.323. The second-order valence-corrected chi connectivity index (χ2v) is 4.52. The van der Waals surface area contributed by atoms with E-state index in [0.29, 0.717) is 11.8 Å². The number of hydrogen-bond acceptors (Lipinski definition) is 4. The van der Waals surface area contributed by atoms with E-state index < -0.39 is 0 Å². The number of phenolic OH excluding ortho intramolecular Hbond substituents is 1. The van der Waals surface area contributed by atoms with Crippen LogP contribution in [0.4, 0.5) is 11.4 Å². The highest BCUT2D eigenvalue weighted by Gasteiger charge is 2.29. The topological polar surface area (TPSA) is 56.3 Å². The first-order chi connectivity index (χ1) is 7.84. The van der Waals surface area contributed by atoms with Crippen LogP contribution < -0.4 is 16.0 Å². The quantitative estimate of drug-likeness (QED) is 0.543. The van der Waals surface area contributed by atoms with Gasteiger partial charge in [-0.1, -0.05) is 12.5 Å². The molecule has 0 aliphatic carbocycles. The first kappa shape index (κ1) is 9.78. The van der Waals surface area contributed by atoms with Gasteiger partial charge in [0.2, 0.25) is 0 Å². The SMILES string of the molecule is Oc1cccc2c1NC(C1CCCCN1)N2. The third kappa shape index (κ3) is 1.59. The second kappa shape index (κ2) is 3.87. The number of fused-ring (bicyclic) bond motifs is 1. The molecule has 1 fully saturated rings. The summed E-state index contributed by atoms with van der Waals surface area (Å²) in [7, 11) is 0. The van der Waals surface area contributed by atoms with Crippen molar-refractivity contribution in [2.45, 2.75) is 31.5 Å². The Morgan fingerprint density at radius 3 is 2.88 bits per heavy atom. The maximum atomic E-state index is 9.72. The van der Waals surface area contributed by atoms with Crippen molar-refractivity contribution >= 4 is 11.4 Å². The molecule has 16 heavy (non-hydrogen) atoms. The molecule has 86 valence electrons. The Labute approximate surface area is 95.1 Å². The van der Waals surface area contributed by atoms with Gasteiger partial charge in [-0.05, 0) is 31.5 Å². The molecular weight excluding hydrogens is 202 g/mol. The Bertz CT molecular complexity index is 388. The summed E-state index contributed by atoms with van der Waals surface area (Å²) < 4.78 is 0. The van der Waals surface area contributed by atoms with Crippen molar-refractivity contribution in [3.05, 3.63) is 18.2 Å². The van der Waals surface area contributed by atoms with Crippen molar-refractivity contribution in [1.82, 2.24) is 5.32 Å². The first-order valence-electron chi connectivity index (χ1n) is 5.93. The standard InChI is InChI=1S/C12H17N3O/c16-10-6-3-5-8-11(10)15-12(14-8)9-4-1-2-7-13-9/h3,5-6,9,12-16H,1-2,4,7H2. The van der Waals surface area contributed by atoms with Gasteiger partial charge in [-0.25, -0.2) is 0 Å². The zero-order valence-electron chi connectivity index (χ0n) is 9.16. The van der Waals surface area contributed by atoms with Crippen LogP contribution in [-0.2, 0) is 0 Å². The summed E-state index contributed by atoms with van der Waals surface area (Å²) in [5, 5.41) is 20.0. The molecule has 0 aromatic heterocycles. The molecule has 1 aromatic carbocycles. The molecule has 0 bridgehead atoms. The van der Waals surface area contributed by atoms with Crippen molar-refractivity contribution in [3.8, 4) is 5.75 Å². The van der Waals surface area contributed by atoms with Crippen LogP contribution in [-0.4, -0.2) is 23.9 Å². The molecule has 2 aliphatic rings. The number of nitrogens with one attached hydrogen (secondary N) is 3. The van der Waals surface area contributed by atoms with Crippen molar-refractivity contribution in [2.75, 3.05) is 17.2 Å². The molecule has 4 nitrogen and oxygen atoms in total. The number of para-hydroxylation sites is 1. The van der Waals surface area contributed by atoms with Gasteiger partial charge in [0.15, 0.2) is 0 Å². The minimum atomic E-state index is 0.198. The lowest BCUT2D eigenvalue weighted by Gasteiger charge is -2.29. The van der Waals surface area contributed by atoms with Gasteiger partial charge in [0.25, 0.3) is 0 Å². The zero-order chi connectivity index (χ0) is 11.0. The summed E-state index contributed by atoms with van der Waals surface area (Å²) in [6.07, 6.45) is 3.92. The molecule has 0 radical (unpaired) electrons. The average molecular weight is 219 g/mol. The number of rotatable bonds is 1. The summed E-state index contributed by atoms with van der Waals surface area (Å²) in [5.41, 5.74) is 1.83. The van der Waals surface area contributed by atoms with E-state index in [-0.39, 0.29) is 6.17 Å². The molecule has 1 saturated heterocycles. The number of phenols is 1. The molecule has 0 spiro atoms. The van der Waals surface area contributed by atoms with Crippen LogP contribution >= 0.6 is 0 Å². The molecule has 2 atom stereocenters. The monoisotopic (exact) mass is 219 g/mol. The Kier molecular flexibility index (Phi) is 2.36. The van der Waals surface area contributed by atoms with Crippen LogP contribution in [0.25, 0.3) is 0 Å². The number of piperidine rings is 1. The summed E-state index contributed by atoms with van der Waals surface area (Å²) in [6.45, 7) is 1.09. The molecule has 0 saturated carbocycles. The highest BCUT2D eigenvalue weighted by molar-refractivity contribution is 5.80. The van der Waals surface area contributed by atoms with Gasteiger partial charge in [-0.3, -0.25) is 0 Å². The number of benzene rings is 1. The molecule has 4 N–H and O–H groups in total. The van der Waals surface area contributed by atoms with Crippen molar-refractivity contribution in [2.24, 2.45) is 0 Å². The van der Waals surface area contributed by atoms with Gasteiger partial charge in [-0.2, -0.15) is 0 Å². The maximum absolute atomic E-state index is 9.72. The molecule has 2 unspecified atom stereocenters. The molecule has 0 amide bonds. The van der Waals surface area contributed by atoms with Gasteiger partial charge < -0.3 is 21.1 Å². The smallest absolute Gasteiger partial charge is 0.140 e. The number of anilines is 2. The predicted molar refractivity (Wildman–Crippen MR) is 64.8 cm³/mol. The van der Waals surface area contributed by atoms with Gasteiger partial charge in [-0.15, -0.1) is 0 Å². The van der Waals surface area contributed by atoms with Crippen LogP contribution in [0.1, 0.15) is 19.3 Å². The minimum absolute atomic E-state index is 0.198. The van der Waals surface area contributed by atoms with Crippen molar-refractivity contribution in [1.29, 1.82) is 0 Å². The second-order valence-electron chi connectivity index (χ2n) is 4.52. The summed E-state index contributed by atoms with van der Waals surface area (Å²) in [4.78, 5) is 0. The average Bonchev–Trinajstić information content (AvgIpc) is 2.76. The maximum Gasteiger partial charge on any atom is 0.140 e. The molecule has 1 aromatic rings. The van der Waals surface area contributed by atoms with Gasteiger partial charge in [0.05, 0.1) is 5.69 Å². The van der Waals surface area contributed by atoms with E-state index in [9.17, 15) is 5.11 Å². The number of hydrogen-bond donors (Lipinski definition) is 4. The first-order valence-corrected chi connectivity index (χ1v) is 5.93. The molecule has 4 heteroatoms. The van der Waals surface area contributed by atoms with Crippen LogP contribution in [0, 0.1) is 0 Å². The van der Waals surface area contributed by atoms with Crippen LogP contribution in [0.2, 0.25) is 0 Å². The van der Waals surface area contributed by atoms with E-state index in [4.69, 9.17) is 0 Å². The van der Waals surface area contributed by atoms with Crippen LogP contribution in [0.5, 0.6) is 5.75 Å². The third-order valence-corrected chi connectivity index (χ3v) is 3.40. The molecule has 3 rings (SSSR count). The third-order valence-electron chi connectivity index (χ3n) is 3.40. The van der Waals surface area contributed by atoms with E-state index in [2.05, 4.69) is 16.0 Å². The summed E-state index contributed by atoms with van der Waals surface area (Å²) >= 11 is 0. The van der Waals surface area contributed by atoms with Gasteiger partial charge in [0.1, 0.15) is 17.6 Å². The fraction of sp³-hybridized carbons (Fsp3) is 0.500. The molecule has 2 aliphatic heterocycles. The van der Waals surface area contributed by atoms with Crippen LogP contribution in [0.3, 0.4) is 0 Å². The zero-order valence-corrected chi connectivity index (χ0v) is 9.16. The van der Waals surface area contributed by atoms with Gasteiger partial charge >= 0.3 is 0 Å². The minimum Gasteiger partial charge on any atom is -0.506 e. The van der Waals surface area contributed by atoms with Crippen molar-refractivity contribution < 1.29 is 5.11 Å². The fourth-order valence-electron chi connectivity index (χ4n) is 2.54. The lowest BCUT2D eigenvalue weighted by Crippen LogP contribution is -2.48. The largest absolute Gasteiger partial charge is 0.506 e. The van der Waals surface area contributed by atoms with Crippen molar-refractivity contribution in [3.63, 3.8) is 0 Å². The highest BCUT2D eigenvalue weighted by atomic mass is 16.3. The lowest BCUT2D eigenvalue weighted by atomic mass is 10.0. The van der Waals surface area contributed by atoms with E-state index in [1.165, 1.54) is 19.3 Å². The van der Waals surface area contributed by atoms with E-state index in [1.54, 1.807) is 6.07 Å². The highest BCUT2D eigenvalue weighted by Crippen LogP contribution is 2.37. The molecular formula is C12H17N3O. The Balaban J connectivity index is 1.77. The summed E-state index contributed by atoms with van der Waals surface area (Å²) in [6, 6.07) is 6.01. The van der Waals surface area contributed by atoms with E-state index in [1.807, 2.05) is 12.1 Å². The van der Waals surface area contributed by atoms with Crippen LogP contribution in [0.15, 0.2) is 18.2 Å². The molecule has 2 heterocycles. The normalized spacial score (nSPS) is 28.0.